The summed E-state index contributed by atoms with van der Waals surface area (Å²) in [5.74, 6) is -1.04. The fraction of sp³-hybridized carbons (Fsp3) is 0.333. The molecule has 1 amide bonds. The SMILES string of the molecule is Cc1cccc(-c2cc(=O)n(CCC(C)(C)C(=O)NO)cc2F)c1. The Morgan fingerprint density at radius 3 is 2.67 bits per heavy atom. The molecule has 0 aliphatic rings. The largest absolute Gasteiger partial charge is 0.313 e. The number of hydrogen-bond acceptors (Lipinski definition) is 3. The van der Waals surface area contributed by atoms with E-state index in [1.165, 1.54) is 10.6 Å². The summed E-state index contributed by atoms with van der Waals surface area (Å²) in [6.45, 7) is 5.35. The zero-order valence-corrected chi connectivity index (χ0v) is 14.0. The minimum atomic E-state index is -0.875. The number of aromatic nitrogens is 1. The minimum absolute atomic E-state index is 0.171. The number of amides is 1. The Kier molecular flexibility index (Phi) is 5.19. The van der Waals surface area contributed by atoms with E-state index in [1.54, 1.807) is 25.4 Å². The van der Waals surface area contributed by atoms with Crippen molar-refractivity contribution in [1.82, 2.24) is 10.0 Å². The molecule has 0 saturated heterocycles. The highest BCUT2D eigenvalue weighted by atomic mass is 19.1. The lowest BCUT2D eigenvalue weighted by atomic mass is 9.88. The summed E-state index contributed by atoms with van der Waals surface area (Å²) in [6.07, 6.45) is 1.44. The van der Waals surface area contributed by atoms with E-state index in [9.17, 15) is 14.0 Å². The number of nitrogens with one attached hydrogen (secondary N) is 1. The average Bonchev–Trinajstić information content (AvgIpc) is 2.54. The van der Waals surface area contributed by atoms with Crippen molar-refractivity contribution in [3.63, 3.8) is 0 Å². The minimum Gasteiger partial charge on any atom is -0.313 e. The Morgan fingerprint density at radius 1 is 1.33 bits per heavy atom. The topological polar surface area (TPSA) is 71.3 Å². The second-order valence-electron chi connectivity index (χ2n) is 6.51. The van der Waals surface area contributed by atoms with Crippen LogP contribution >= 0.6 is 0 Å². The Morgan fingerprint density at radius 2 is 2.04 bits per heavy atom. The maximum Gasteiger partial charge on any atom is 0.251 e. The molecule has 0 aliphatic heterocycles. The van der Waals surface area contributed by atoms with Crippen LogP contribution in [0.1, 0.15) is 25.8 Å². The van der Waals surface area contributed by atoms with Crippen LogP contribution in [0.4, 0.5) is 4.39 Å². The molecule has 0 fully saturated rings. The molecule has 0 spiro atoms. The third-order valence-electron chi connectivity index (χ3n) is 4.10. The van der Waals surface area contributed by atoms with Crippen molar-refractivity contribution in [3.05, 3.63) is 58.3 Å². The van der Waals surface area contributed by atoms with Gasteiger partial charge in [0.05, 0.1) is 0 Å². The molecule has 2 aromatic rings. The summed E-state index contributed by atoms with van der Waals surface area (Å²) >= 11 is 0. The Labute approximate surface area is 139 Å². The van der Waals surface area contributed by atoms with E-state index in [0.29, 0.717) is 5.56 Å². The molecule has 0 radical (unpaired) electrons. The van der Waals surface area contributed by atoms with Crippen molar-refractivity contribution in [2.24, 2.45) is 5.41 Å². The summed E-state index contributed by atoms with van der Waals surface area (Å²) in [7, 11) is 0. The van der Waals surface area contributed by atoms with Gasteiger partial charge in [0.1, 0.15) is 5.82 Å². The van der Waals surface area contributed by atoms with Crippen LogP contribution in [0, 0.1) is 18.2 Å². The highest BCUT2D eigenvalue weighted by molar-refractivity contribution is 5.80. The number of hydroxylamine groups is 1. The van der Waals surface area contributed by atoms with Crippen LogP contribution in [0.3, 0.4) is 0 Å². The number of halogens is 1. The molecule has 0 unspecified atom stereocenters. The van der Waals surface area contributed by atoms with E-state index in [4.69, 9.17) is 5.21 Å². The van der Waals surface area contributed by atoms with E-state index >= 15 is 0 Å². The van der Waals surface area contributed by atoms with Gasteiger partial charge in [0.25, 0.3) is 5.56 Å². The van der Waals surface area contributed by atoms with Crippen molar-refractivity contribution >= 4 is 5.91 Å². The standard InChI is InChI=1S/C18H21FN2O3/c1-12-5-4-6-13(9-12)14-10-16(22)21(11-15(14)19)8-7-18(2,3)17(23)20-24/h4-6,9-11,24H,7-8H2,1-3H3,(H,20,23). The summed E-state index contributed by atoms with van der Waals surface area (Å²) in [6, 6.07) is 8.55. The zero-order chi connectivity index (χ0) is 17.9. The first-order chi connectivity index (χ1) is 11.2. The van der Waals surface area contributed by atoms with Gasteiger partial charge >= 0.3 is 0 Å². The van der Waals surface area contributed by atoms with Gasteiger partial charge in [0.15, 0.2) is 0 Å². The Balaban J connectivity index is 2.28. The second kappa shape index (κ2) is 6.97. The number of pyridine rings is 1. The third kappa shape index (κ3) is 3.89. The number of rotatable bonds is 5. The van der Waals surface area contributed by atoms with E-state index in [-0.39, 0.29) is 24.1 Å². The van der Waals surface area contributed by atoms with Gasteiger partial charge in [-0.25, -0.2) is 9.87 Å². The lowest BCUT2D eigenvalue weighted by molar-refractivity contribution is -0.138. The number of aryl methyl sites for hydroxylation is 2. The van der Waals surface area contributed by atoms with Gasteiger partial charge in [-0.05, 0) is 18.9 Å². The maximum atomic E-state index is 14.4. The third-order valence-corrected chi connectivity index (χ3v) is 4.10. The smallest absolute Gasteiger partial charge is 0.251 e. The van der Waals surface area contributed by atoms with Crippen molar-refractivity contribution in [2.45, 2.75) is 33.7 Å². The molecule has 0 atom stereocenters. The molecule has 2 N–H and O–H groups in total. The highest BCUT2D eigenvalue weighted by Crippen LogP contribution is 2.23. The molecule has 2 rings (SSSR count). The lowest BCUT2D eigenvalue weighted by Gasteiger charge is -2.22. The number of benzene rings is 1. The van der Waals surface area contributed by atoms with Crippen molar-refractivity contribution < 1.29 is 14.4 Å². The van der Waals surface area contributed by atoms with Crippen LogP contribution in [0.25, 0.3) is 11.1 Å². The van der Waals surface area contributed by atoms with E-state index < -0.39 is 17.1 Å². The highest BCUT2D eigenvalue weighted by Gasteiger charge is 2.27. The zero-order valence-electron chi connectivity index (χ0n) is 14.0. The first-order valence-electron chi connectivity index (χ1n) is 7.66. The average molecular weight is 332 g/mol. The van der Waals surface area contributed by atoms with Gasteiger partial charge in [-0.1, -0.05) is 43.7 Å². The molecule has 1 aromatic carbocycles. The van der Waals surface area contributed by atoms with Gasteiger partial charge in [0.2, 0.25) is 5.91 Å². The molecule has 24 heavy (non-hydrogen) atoms. The number of carbonyl (C=O) groups is 1. The van der Waals surface area contributed by atoms with Gasteiger partial charge in [-0.3, -0.25) is 14.8 Å². The van der Waals surface area contributed by atoms with Crippen LogP contribution in [-0.4, -0.2) is 15.7 Å². The van der Waals surface area contributed by atoms with Crippen molar-refractivity contribution in [3.8, 4) is 11.1 Å². The predicted octanol–water partition coefficient (Wildman–Crippen LogP) is 2.88. The van der Waals surface area contributed by atoms with Crippen LogP contribution < -0.4 is 11.0 Å². The quantitative estimate of drug-likeness (QED) is 0.653. The van der Waals surface area contributed by atoms with E-state index in [2.05, 4.69) is 0 Å². The number of nitrogens with zero attached hydrogens (tertiary/aromatic N) is 1. The molecule has 6 heteroatoms. The van der Waals surface area contributed by atoms with Crippen molar-refractivity contribution in [1.29, 1.82) is 0 Å². The Hall–Kier alpha value is -2.47. The van der Waals surface area contributed by atoms with Gasteiger partial charge in [0, 0.05) is 29.8 Å². The molecule has 0 saturated carbocycles. The van der Waals surface area contributed by atoms with Crippen LogP contribution in [0.5, 0.6) is 0 Å². The lowest BCUT2D eigenvalue weighted by Crippen LogP contribution is -2.36. The predicted molar refractivity (Wildman–Crippen MR) is 89.2 cm³/mol. The van der Waals surface area contributed by atoms with Crippen molar-refractivity contribution in [2.75, 3.05) is 0 Å². The van der Waals surface area contributed by atoms with E-state index in [0.717, 1.165) is 11.8 Å². The normalized spacial score (nSPS) is 11.4. The fourth-order valence-corrected chi connectivity index (χ4v) is 2.42. The fourth-order valence-electron chi connectivity index (χ4n) is 2.42. The molecule has 0 bridgehead atoms. The summed E-state index contributed by atoms with van der Waals surface area (Å²) < 4.78 is 15.7. The number of carbonyl (C=O) groups excluding carboxylic acids is 1. The van der Waals surface area contributed by atoms with Crippen LogP contribution in [0.2, 0.25) is 0 Å². The van der Waals surface area contributed by atoms with Gasteiger partial charge in [-0.2, -0.15) is 0 Å². The Bertz CT molecular complexity index is 812. The number of hydrogen-bond donors (Lipinski definition) is 2. The summed E-state index contributed by atoms with van der Waals surface area (Å²) in [5, 5.41) is 8.72. The first kappa shape index (κ1) is 17.9. The summed E-state index contributed by atoms with van der Waals surface area (Å²) in [5.41, 5.74) is 2.27. The van der Waals surface area contributed by atoms with Gasteiger partial charge in [-0.15, -0.1) is 0 Å². The molecule has 1 heterocycles. The van der Waals surface area contributed by atoms with Crippen LogP contribution in [0.15, 0.2) is 41.3 Å². The van der Waals surface area contributed by atoms with E-state index in [1.807, 2.05) is 25.1 Å². The first-order valence-corrected chi connectivity index (χ1v) is 7.66. The monoisotopic (exact) mass is 332 g/mol. The second-order valence-corrected chi connectivity index (χ2v) is 6.51. The molecular formula is C18H21FN2O3. The molecular weight excluding hydrogens is 311 g/mol. The maximum absolute atomic E-state index is 14.4. The molecule has 128 valence electrons. The molecule has 5 nitrogen and oxygen atoms in total. The summed E-state index contributed by atoms with van der Waals surface area (Å²) in [4.78, 5) is 23.8. The van der Waals surface area contributed by atoms with Gasteiger partial charge < -0.3 is 4.57 Å². The molecule has 0 aliphatic carbocycles. The molecule has 1 aromatic heterocycles. The van der Waals surface area contributed by atoms with Crippen LogP contribution in [-0.2, 0) is 11.3 Å².